The molecule has 1 fully saturated rings. The molecule has 0 aromatic heterocycles. The molecular weight excluding hydrogens is 328 g/mol. The number of carbonyl (C=O) groups is 2. The van der Waals surface area contributed by atoms with Gasteiger partial charge in [-0.05, 0) is 35.4 Å². The first-order valence-corrected chi connectivity index (χ1v) is 8.58. The van der Waals surface area contributed by atoms with Crippen molar-refractivity contribution in [2.24, 2.45) is 5.92 Å². The Balaban J connectivity index is 1.75. The summed E-state index contributed by atoms with van der Waals surface area (Å²) in [7, 11) is 0. The Morgan fingerprint density at radius 1 is 1.15 bits per heavy atom. The molecular formula is C20H20N4O2. The van der Waals surface area contributed by atoms with E-state index in [1.807, 2.05) is 60.8 Å². The van der Waals surface area contributed by atoms with Gasteiger partial charge in [0.05, 0.1) is 12.6 Å². The lowest BCUT2D eigenvalue weighted by molar-refractivity contribution is -0.125. The van der Waals surface area contributed by atoms with Crippen LogP contribution in [0.3, 0.4) is 0 Å². The maximum Gasteiger partial charge on any atom is 0.232 e. The molecule has 2 atom stereocenters. The van der Waals surface area contributed by atoms with Crippen LogP contribution in [-0.4, -0.2) is 24.6 Å². The zero-order valence-electron chi connectivity index (χ0n) is 14.4. The number of hydrogen-bond acceptors (Lipinski definition) is 4. The third-order valence-corrected chi connectivity index (χ3v) is 4.66. The average molecular weight is 348 g/mol. The van der Waals surface area contributed by atoms with E-state index >= 15 is 0 Å². The molecule has 2 unspecified atom stereocenters. The number of benzene rings is 2. The number of nitrogens with zero attached hydrogens (tertiary/aromatic N) is 1. The Morgan fingerprint density at radius 3 is 2.73 bits per heavy atom. The van der Waals surface area contributed by atoms with Gasteiger partial charge >= 0.3 is 0 Å². The van der Waals surface area contributed by atoms with Gasteiger partial charge in [0.1, 0.15) is 6.17 Å². The molecule has 2 aliphatic rings. The molecule has 4 rings (SSSR count). The minimum atomic E-state index is -0.323. The van der Waals surface area contributed by atoms with Gasteiger partial charge < -0.3 is 15.5 Å². The zero-order chi connectivity index (χ0) is 18.1. The zero-order valence-corrected chi connectivity index (χ0v) is 14.4. The molecule has 6 nitrogen and oxygen atoms in total. The van der Waals surface area contributed by atoms with Gasteiger partial charge in [0.15, 0.2) is 0 Å². The smallest absolute Gasteiger partial charge is 0.232 e. The van der Waals surface area contributed by atoms with E-state index in [4.69, 9.17) is 0 Å². The highest BCUT2D eigenvalue weighted by molar-refractivity contribution is 5.97. The third-order valence-electron chi connectivity index (χ3n) is 4.66. The first-order valence-electron chi connectivity index (χ1n) is 8.58. The number of para-hydroxylation sites is 1. The maximum atomic E-state index is 12.6. The Hall–Kier alpha value is -3.12. The van der Waals surface area contributed by atoms with Crippen LogP contribution in [0, 0.1) is 5.92 Å². The Labute approximate surface area is 151 Å². The summed E-state index contributed by atoms with van der Waals surface area (Å²) in [6.45, 7) is 1.92. The highest BCUT2D eigenvalue weighted by Crippen LogP contribution is 2.38. The van der Waals surface area contributed by atoms with Gasteiger partial charge in [0.2, 0.25) is 11.8 Å². The van der Waals surface area contributed by atoms with E-state index < -0.39 is 0 Å². The van der Waals surface area contributed by atoms with E-state index in [0.29, 0.717) is 6.67 Å². The minimum absolute atomic E-state index is 0.00311. The molecule has 26 heavy (non-hydrogen) atoms. The number of amides is 2. The van der Waals surface area contributed by atoms with E-state index in [1.165, 1.54) is 6.92 Å². The second-order valence-corrected chi connectivity index (χ2v) is 6.43. The predicted molar refractivity (Wildman–Crippen MR) is 101 cm³/mol. The van der Waals surface area contributed by atoms with Gasteiger partial charge in [0, 0.05) is 24.5 Å². The number of anilines is 2. The van der Waals surface area contributed by atoms with Gasteiger partial charge in [0.25, 0.3) is 0 Å². The predicted octanol–water partition coefficient (Wildman–Crippen LogP) is 2.13. The van der Waals surface area contributed by atoms with Crippen molar-refractivity contribution in [3.8, 4) is 0 Å². The van der Waals surface area contributed by atoms with Crippen molar-refractivity contribution in [3.05, 3.63) is 66.4 Å². The molecule has 2 aromatic rings. The molecule has 0 bridgehead atoms. The van der Waals surface area contributed by atoms with Crippen molar-refractivity contribution in [1.82, 2.24) is 10.6 Å². The Bertz CT molecular complexity index is 878. The van der Waals surface area contributed by atoms with Crippen LogP contribution >= 0.6 is 0 Å². The fourth-order valence-corrected chi connectivity index (χ4v) is 3.56. The molecule has 1 saturated heterocycles. The molecule has 132 valence electrons. The standard InChI is InChI=1S/C20H20N4O2/c1-13(25)23-15-7-5-6-14(10-15)17-11-24(16-8-3-2-4-9-16)19-18(17)20(26)22-12-21-19/h2-11,18-19,21H,12H2,1H3,(H,22,26)(H,23,25). The SMILES string of the molecule is CC(=O)Nc1cccc(C2=CN(c3ccccc3)C3NCNC(=O)C23)c1. The molecule has 2 aliphatic heterocycles. The molecule has 2 amide bonds. The Morgan fingerprint density at radius 2 is 1.96 bits per heavy atom. The lowest BCUT2D eigenvalue weighted by Crippen LogP contribution is -2.58. The van der Waals surface area contributed by atoms with Crippen molar-refractivity contribution >= 4 is 28.8 Å². The summed E-state index contributed by atoms with van der Waals surface area (Å²) >= 11 is 0. The molecule has 0 spiro atoms. The van der Waals surface area contributed by atoms with Crippen molar-refractivity contribution in [2.75, 3.05) is 16.9 Å². The van der Waals surface area contributed by atoms with Gasteiger partial charge in [-0.1, -0.05) is 30.3 Å². The van der Waals surface area contributed by atoms with Crippen LogP contribution in [0.4, 0.5) is 11.4 Å². The fourth-order valence-electron chi connectivity index (χ4n) is 3.56. The summed E-state index contributed by atoms with van der Waals surface area (Å²) in [6.07, 6.45) is 1.89. The van der Waals surface area contributed by atoms with Crippen LogP contribution in [-0.2, 0) is 9.59 Å². The molecule has 2 heterocycles. The van der Waals surface area contributed by atoms with E-state index in [9.17, 15) is 9.59 Å². The highest BCUT2D eigenvalue weighted by atomic mass is 16.2. The minimum Gasteiger partial charge on any atom is -0.343 e. The molecule has 3 N–H and O–H groups in total. The number of fused-ring (bicyclic) bond motifs is 1. The first kappa shape index (κ1) is 16.4. The summed E-state index contributed by atoms with van der Waals surface area (Å²) in [5.41, 5.74) is 3.59. The molecule has 6 heteroatoms. The van der Waals surface area contributed by atoms with E-state index in [1.54, 1.807) is 0 Å². The van der Waals surface area contributed by atoms with Gasteiger partial charge in [-0.2, -0.15) is 0 Å². The van der Waals surface area contributed by atoms with E-state index in [0.717, 1.165) is 22.5 Å². The van der Waals surface area contributed by atoms with Crippen molar-refractivity contribution in [1.29, 1.82) is 0 Å². The fraction of sp³-hybridized carbons (Fsp3) is 0.200. The first-order chi connectivity index (χ1) is 12.6. The van der Waals surface area contributed by atoms with E-state index in [-0.39, 0.29) is 23.9 Å². The molecule has 0 aliphatic carbocycles. The van der Waals surface area contributed by atoms with Crippen LogP contribution in [0.15, 0.2) is 60.8 Å². The van der Waals surface area contributed by atoms with Crippen molar-refractivity contribution in [3.63, 3.8) is 0 Å². The highest BCUT2D eigenvalue weighted by Gasteiger charge is 2.43. The number of nitrogens with one attached hydrogen (secondary N) is 3. The number of rotatable bonds is 3. The second kappa shape index (κ2) is 6.65. The third kappa shape index (κ3) is 2.95. The monoisotopic (exact) mass is 348 g/mol. The maximum absolute atomic E-state index is 12.6. The average Bonchev–Trinajstić information content (AvgIpc) is 3.03. The van der Waals surface area contributed by atoms with Crippen LogP contribution in [0.1, 0.15) is 12.5 Å². The largest absolute Gasteiger partial charge is 0.343 e. The Kier molecular flexibility index (Phi) is 4.18. The topological polar surface area (TPSA) is 73.5 Å². The van der Waals surface area contributed by atoms with Crippen LogP contribution < -0.4 is 20.9 Å². The normalized spacial score (nSPS) is 21.7. The van der Waals surface area contributed by atoms with E-state index in [2.05, 4.69) is 20.9 Å². The summed E-state index contributed by atoms with van der Waals surface area (Å²) in [4.78, 5) is 26.1. The quantitative estimate of drug-likeness (QED) is 0.794. The van der Waals surface area contributed by atoms with Crippen LogP contribution in [0.25, 0.3) is 5.57 Å². The van der Waals surface area contributed by atoms with Crippen LogP contribution in [0.5, 0.6) is 0 Å². The van der Waals surface area contributed by atoms with Gasteiger partial charge in [-0.15, -0.1) is 0 Å². The van der Waals surface area contributed by atoms with Crippen LogP contribution in [0.2, 0.25) is 0 Å². The van der Waals surface area contributed by atoms with Crippen molar-refractivity contribution < 1.29 is 9.59 Å². The molecule has 2 aromatic carbocycles. The number of carbonyl (C=O) groups excluding carboxylic acids is 2. The molecule has 0 radical (unpaired) electrons. The summed E-state index contributed by atoms with van der Waals surface area (Å²) in [5.74, 6) is -0.441. The summed E-state index contributed by atoms with van der Waals surface area (Å²) in [5, 5.41) is 9.06. The number of hydrogen-bond donors (Lipinski definition) is 3. The van der Waals surface area contributed by atoms with Gasteiger partial charge in [-0.3, -0.25) is 14.9 Å². The lowest BCUT2D eigenvalue weighted by atomic mass is 9.91. The second-order valence-electron chi connectivity index (χ2n) is 6.43. The molecule has 0 saturated carbocycles. The summed E-state index contributed by atoms with van der Waals surface area (Å²) in [6, 6.07) is 17.6. The van der Waals surface area contributed by atoms with Gasteiger partial charge in [-0.25, -0.2) is 0 Å². The lowest BCUT2D eigenvalue weighted by Gasteiger charge is -2.34. The van der Waals surface area contributed by atoms with Crippen molar-refractivity contribution in [2.45, 2.75) is 13.1 Å². The summed E-state index contributed by atoms with van der Waals surface area (Å²) < 4.78 is 0.